The third-order valence-corrected chi connectivity index (χ3v) is 23.7. The molecule has 720 valence electrons. The van der Waals surface area contributed by atoms with E-state index < -0.39 is 45.0 Å². The fraction of sp³-hybridized carbons (Fsp3) is 0.240. The van der Waals surface area contributed by atoms with Gasteiger partial charge < -0.3 is 102 Å². The van der Waals surface area contributed by atoms with Crippen LogP contribution in [0, 0.1) is 49.4 Å². The van der Waals surface area contributed by atoms with Crippen LogP contribution in [0.5, 0.6) is 46.0 Å². The number of terminal acetylenes is 4. The van der Waals surface area contributed by atoms with Crippen LogP contribution in [0.15, 0.2) is 146 Å². The van der Waals surface area contributed by atoms with Crippen molar-refractivity contribution in [2.75, 3.05) is 22.9 Å². The molecule has 22 N–H and O–H groups in total. The van der Waals surface area contributed by atoms with E-state index in [1.807, 2.05) is 103 Å². The summed E-state index contributed by atoms with van der Waals surface area (Å²) >= 11 is 0. The quantitative estimate of drug-likeness (QED) is 0.00806. The number of nitrogen functional groups attached to an aromatic ring is 4. The van der Waals surface area contributed by atoms with Gasteiger partial charge in [0.15, 0.2) is 57.8 Å². The molecule has 0 spiro atoms. The molecular formula is C100H102N20O18P2. The van der Waals surface area contributed by atoms with Crippen molar-refractivity contribution in [3.63, 3.8) is 0 Å². The lowest BCUT2D eigenvalue weighted by atomic mass is 10.1. The maximum atomic E-state index is 11.6. The predicted octanol–water partition coefficient (Wildman–Crippen LogP) is 12.4. The molecule has 0 radical (unpaired) electrons. The zero-order chi connectivity index (χ0) is 101. The third-order valence-electron chi connectivity index (χ3n) is 22.8. The van der Waals surface area contributed by atoms with Crippen LogP contribution in [-0.2, 0) is 106 Å². The molecule has 8 aromatic carbocycles. The number of nitrogens with zero attached hydrogens (tertiary/aromatic N) is 12. The number of aromatic hydroxyl groups is 6. The molecule has 0 aliphatic carbocycles. The summed E-state index contributed by atoms with van der Waals surface area (Å²) in [5.74, 6) is 8.63. The number of aryl methyl sites for hydroxylation is 4. The molecule has 16 aromatic rings. The monoisotopic (exact) mass is 1930 g/mol. The number of phenolic OH excluding ortho intramolecular Hbond substituents is 6. The Bertz CT molecular complexity index is 7620. The first-order chi connectivity index (χ1) is 67.0. The highest BCUT2D eigenvalue weighted by atomic mass is 31.2. The van der Waals surface area contributed by atoms with Gasteiger partial charge in [0.2, 0.25) is 0 Å². The smallest absolute Gasteiger partial charge is 0.508 e. The number of phosphoric ester groups is 2. The Balaban J connectivity index is 0.000000157. The number of benzene rings is 8. The second-order valence-corrected chi connectivity index (χ2v) is 35.0. The number of rotatable bonds is 32. The number of unbranched alkanes of at least 4 members (excludes halogenated alkanes) is 4. The van der Waals surface area contributed by atoms with Gasteiger partial charge in [-0.1, -0.05) is 138 Å². The van der Waals surface area contributed by atoms with E-state index in [0.29, 0.717) is 121 Å². The number of nitrogens with one attached hydrogen (secondary N) is 4. The fourth-order valence-corrected chi connectivity index (χ4v) is 16.9. The van der Waals surface area contributed by atoms with Gasteiger partial charge in [0.05, 0.1) is 70.3 Å². The molecule has 0 unspecified atom stereocenters. The summed E-state index contributed by atoms with van der Waals surface area (Å²) in [6.45, 7) is 10.2. The van der Waals surface area contributed by atoms with E-state index in [1.54, 1.807) is 48.5 Å². The molecule has 0 bridgehead atoms. The van der Waals surface area contributed by atoms with Crippen molar-refractivity contribution in [3.05, 3.63) is 213 Å². The summed E-state index contributed by atoms with van der Waals surface area (Å²) in [5, 5.41) is 75.4. The largest absolute Gasteiger partial charge is 0.524 e. The van der Waals surface area contributed by atoms with E-state index in [4.69, 9.17) is 73.1 Å². The summed E-state index contributed by atoms with van der Waals surface area (Å²) in [7, 11) is -9.80. The van der Waals surface area contributed by atoms with Crippen LogP contribution in [0.2, 0.25) is 0 Å². The van der Waals surface area contributed by atoms with Crippen LogP contribution in [0.1, 0.15) is 147 Å². The lowest BCUT2D eigenvalue weighted by Gasteiger charge is -2.16. The molecule has 4 amide bonds. The van der Waals surface area contributed by atoms with Crippen LogP contribution in [0.25, 0.3) is 87.7 Å². The number of para-hydroxylation sites is 3. The highest BCUT2D eigenvalue weighted by Crippen LogP contribution is 2.47. The maximum Gasteiger partial charge on any atom is 0.524 e. The van der Waals surface area contributed by atoms with Crippen LogP contribution in [-0.4, -0.2) is 132 Å². The van der Waals surface area contributed by atoms with E-state index in [1.165, 1.54) is 36.4 Å². The third kappa shape index (κ3) is 23.7. The molecule has 38 nitrogen and oxygen atoms in total. The molecule has 0 aliphatic rings. The van der Waals surface area contributed by atoms with Crippen molar-refractivity contribution in [2.45, 2.75) is 157 Å². The number of pyridine rings is 4. The SMILES string of the molecule is C#CC(=O)NCc1ccc2c(c1)nc(N)c1nc(CCCC)n(Cc3cc(O)ccc3O)c12.C#CC(=O)NCc1ccc2c(c1)nc(N)c1nc(CCCC)n(Cc3cccc(O)c3O)c12.C#CC(=O)NCc1ccc2c(c1)nc(N)c1nc(CCCC)n(Cc3cccc(O)c3OP(=O)(O)O)c12.C#CC(=O)NCc1ccc2c(c1)nc(N)c1nc(CCCC)n(Cc3cccc(OP(=O)(O)O)c3O)c12. The van der Waals surface area contributed by atoms with Crippen molar-refractivity contribution in [1.82, 2.24) is 79.4 Å². The molecule has 0 fully saturated rings. The van der Waals surface area contributed by atoms with Gasteiger partial charge in [0.1, 0.15) is 56.9 Å². The maximum absolute atomic E-state index is 11.6. The topological polar surface area (TPSA) is 598 Å². The van der Waals surface area contributed by atoms with E-state index in [0.717, 1.165) is 137 Å². The molecule has 0 saturated heterocycles. The number of amides is 4. The number of phenols is 6. The first kappa shape index (κ1) is 101. The van der Waals surface area contributed by atoms with Gasteiger partial charge in [0, 0.05) is 95.7 Å². The lowest BCUT2D eigenvalue weighted by molar-refractivity contribution is -0.116. The van der Waals surface area contributed by atoms with Crippen molar-refractivity contribution in [3.8, 4) is 95.4 Å². The number of nitrogens with two attached hydrogens (primary N) is 4. The lowest BCUT2D eigenvalue weighted by Crippen LogP contribution is -2.20. The zero-order valence-corrected chi connectivity index (χ0v) is 78.4. The van der Waals surface area contributed by atoms with Crippen LogP contribution in [0.3, 0.4) is 0 Å². The summed E-state index contributed by atoms with van der Waals surface area (Å²) in [6.07, 6.45) is 30.6. The first-order valence-corrected chi connectivity index (χ1v) is 47.5. The van der Waals surface area contributed by atoms with Gasteiger partial charge in [0.25, 0.3) is 23.6 Å². The van der Waals surface area contributed by atoms with E-state index in [-0.39, 0.29) is 91.2 Å². The molecule has 140 heavy (non-hydrogen) atoms. The Morgan fingerprint density at radius 1 is 0.357 bits per heavy atom. The molecule has 0 saturated carbocycles. The molecule has 16 rings (SSSR count). The molecule has 0 atom stereocenters. The number of carbonyl (C=O) groups excluding carboxylic acids is 4. The Labute approximate surface area is 801 Å². The Hall–Kier alpha value is -16.7. The van der Waals surface area contributed by atoms with Crippen LogP contribution in [0.4, 0.5) is 23.3 Å². The highest BCUT2D eigenvalue weighted by Gasteiger charge is 2.29. The molecule has 8 heterocycles. The Morgan fingerprint density at radius 3 is 0.979 bits per heavy atom. The normalized spacial score (nSPS) is 11.3. The van der Waals surface area contributed by atoms with Crippen molar-refractivity contribution in [1.29, 1.82) is 0 Å². The summed E-state index contributed by atoms with van der Waals surface area (Å²) in [4.78, 5) is 120. The van der Waals surface area contributed by atoms with Crippen molar-refractivity contribution < 1.29 is 87.6 Å². The van der Waals surface area contributed by atoms with Crippen LogP contribution >= 0.6 is 15.6 Å². The number of carbonyl (C=O) groups is 4. The summed E-state index contributed by atoms with van der Waals surface area (Å²) < 4.78 is 40.2. The minimum atomic E-state index is -4.93. The number of imidazole rings is 4. The number of fused-ring (bicyclic) bond motifs is 12. The Kier molecular flexibility index (Phi) is 32.0. The molecular weight excluding hydrogens is 1830 g/mol. The van der Waals surface area contributed by atoms with Gasteiger partial charge in [-0.05, 0) is 132 Å². The number of aromatic nitrogens is 12. The standard InChI is InChI=1S/2C25H26N5O6P.2C25H25N5O3/c1-3-5-9-20-29-22-23(30(20)14-16-7-6-8-19(24(16)32)36-37(33,34)35)17-11-10-15(13-27-21(31)4-2)12-18(17)28-25(22)26;1-3-5-9-20-29-22-23(30(20)14-16-7-6-8-19(31)24(16)36-37(33,34)35)17-11-10-15(13-27-21(32)4-2)12-18(17)28-25(22)26;1-3-5-9-20-29-22-23(30(20)14-16-7-6-8-19(31)24(16)33)17-11-10-15(13-27-21(32)4-2)12-18(17)28-25(22)26;1-3-5-6-21-29-23-24(30(21)14-16-12-17(31)8-10-20(16)32)18-9-7-15(13-27-22(33)4-2)11-19(18)28-25(23)26/h2,6-8,10-12,32H,3,5,9,13-14H2,1H3,(H2,26,28)(H,27,31)(H2,33,34,35);2,6-8,10-12,31H,3,5,9,13-14H2,1H3,(H2,26,28)(H,27,32)(H2,33,34,35);2,6-8,10-12,31,33H,3,5,9,13-14H2,1H3,(H2,26,28)(H,27,32);2,7-12,31-32H,3,5-6,13-14H2,1H3,(H2,26,28)(H,27,33). The second-order valence-electron chi connectivity index (χ2n) is 32.7. The van der Waals surface area contributed by atoms with Crippen molar-refractivity contribution >= 4 is 150 Å². The minimum Gasteiger partial charge on any atom is -0.508 e. The first-order valence-electron chi connectivity index (χ1n) is 44.4. The average molecular weight is 1930 g/mol. The van der Waals surface area contributed by atoms with E-state index in [2.05, 4.69) is 73.4 Å². The number of hydrogen-bond donors (Lipinski definition) is 18. The van der Waals surface area contributed by atoms with Gasteiger partial charge in [-0.2, -0.15) is 0 Å². The van der Waals surface area contributed by atoms with Gasteiger partial charge >= 0.3 is 15.6 Å². The molecule has 40 heteroatoms. The number of anilines is 4. The van der Waals surface area contributed by atoms with Gasteiger partial charge in [-0.15, -0.1) is 25.7 Å². The summed E-state index contributed by atoms with van der Waals surface area (Å²) in [5.41, 5.74) is 38.0. The van der Waals surface area contributed by atoms with E-state index in [9.17, 15) is 78.5 Å². The second kappa shape index (κ2) is 44.4. The number of phosphoric acid groups is 2. The summed E-state index contributed by atoms with van der Waals surface area (Å²) in [6, 6.07) is 40.6. The zero-order valence-electron chi connectivity index (χ0n) is 76.6. The fourth-order valence-electron chi connectivity index (χ4n) is 16.1. The van der Waals surface area contributed by atoms with Crippen LogP contribution < -0.4 is 53.2 Å². The minimum absolute atomic E-state index is 0.0759. The average Bonchev–Trinajstić information content (AvgIpc) is 1.60. The Morgan fingerprint density at radius 2 is 0.657 bits per heavy atom. The van der Waals surface area contributed by atoms with Gasteiger partial charge in [-0.25, -0.2) is 49.0 Å². The highest BCUT2D eigenvalue weighted by molar-refractivity contribution is 7.47. The van der Waals surface area contributed by atoms with Crippen molar-refractivity contribution in [2.24, 2.45) is 0 Å². The van der Waals surface area contributed by atoms with E-state index >= 15 is 0 Å². The van der Waals surface area contributed by atoms with Gasteiger partial charge in [-0.3, -0.25) is 38.8 Å². The molecule has 0 aliphatic heterocycles. The number of hydrogen-bond acceptors (Lipinski definition) is 26. The molecule has 8 aromatic heterocycles. The predicted molar refractivity (Wildman–Crippen MR) is 532 cm³/mol.